The Balaban J connectivity index is 2.20. The normalized spacial score (nSPS) is 10.5. The van der Waals surface area contributed by atoms with Crippen LogP contribution in [0.25, 0.3) is 0 Å². The smallest absolute Gasteiger partial charge is 0.358 e. The van der Waals surface area contributed by atoms with Gasteiger partial charge in [0.25, 0.3) is 0 Å². The lowest BCUT2D eigenvalue weighted by Gasteiger charge is -2.06. The van der Waals surface area contributed by atoms with Crippen LogP contribution in [0.3, 0.4) is 0 Å². The lowest BCUT2D eigenvalue weighted by Crippen LogP contribution is -2.21. The number of hydrogen-bond acceptors (Lipinski definition) is 4. The summed E-state index contributed by atoms with van der Waals surface area (Å²) in [5, 5.41) is 16.4. The zero-order valence-corrected chi connectivity index (χ0v) is 11.6. The molecule has 1 aromatic carbocycles. The summed E-state index contributed by atoms with van der Waals surface area (Å²) in [5.74, 6) is -1.75. The van der Waals surface area contributed by atoms with E-state index in [4.69, 9.17) is 10.8 Å². The third kappa shape index (κ3) is 3.65. The average Bonchev–Trinajstić information content (AvgIpc) is 2.80. The molecule has 1 aromatic heterocycles. The van der Waals surface area contributed by atoms with E-state index in [1.165, 1.54) is 4.68 Å². The molecule has 2 rings (SSSR count). The first-order valence-corrected chi connectivity index (χ1v) is 6.47. The predicted octanol–water partition coefficient (Wildman–Crippen LogP) is 0.555. The van der Waals surface area contributed by atoms with Crippen LogP contribution in [0.4, 0.5) is 0 Å². The van der Waals surface area contributed by atoms with Crippen LogP contribution in [0.2, 0.25) is 0 Å². The Morgan fingerprint density at radius 1 is 1.24 bits per heavy atom. The number of aromatic nitrogens is 3. The van der Waals surface area contributed by atoms with E-state index in [0.29, 0.717) is 18.5 Å². The number of benzene rings is 1. The maximum absolute atomic E-state index is 11.1. The molecule has 0 atom stereocenters. The molecule has 0 unspecified atom stereocenters. The first kappa shape index (κ1) is 14.7. The highest BCUT2D eigenvalue weighted by atomic mass is 16.4. The van der Waals surface area contributed by atoms with Gasteiger partial charge in [0.15, 0.2) is 5.69 Å². The second-order valence-corrected chi connectivity index (χ2v) is 4.80. The number of nitrogens with two attached hydrogens (primary N) is 1. The first-order valence-electron chi connectivity index (χ1n) is 6.47. The van der Waals surface area contributed by atoms with Gasteiger partial charge in [-0.05, 0) is 25.3 Å². The minimum Gasteiger partial charge on any atom is -0.476 e. The van der Waals surface area contributed by atoms with Crippen molar-refractivity contribution in [3.05, 3.63) is 46.8 Å². The average molecular weight is 288 g/mol. The van der Waals surface area contributed by atoms with Crippen molar-refractivity contribution in [1.29, 1.82) is 0 Å². The molecule has 0 radical (unpaired) electrons. The summed E-state index contributed by atoms with van der Waals surface area (Å²) >= 11 is 0. The van der Waals surface area contributed by atoms with E-state index in [0.717, 1.165) is 11.1 Å². The van der Waals surface area contributed by atoms with Gasteiger partial charge in [0.1, 0.15) is 6.54 Å². The number of primary amides is 1. The number of carboxylic acids is 1. The van der Waals surface area contributed by atoms with Crippen LogP contribution in [0.1, 0.15) is 27.3 Å². The van der Waals surface area contributed by atoms with Crippen molar-refractivity contribution in [2.45, 2.75) is 26.3 Å². The highest BCUT2D eigenvalue weighted by molar-refractivity contribution is 5.86. The number of amides is 1. The zero-order chi connectivity index (χ0) is 15.4. The fourth-order valence-electron chi connectivity index (χ4n) is 2.04. The molecule has 1 amide bonds. The second-order valence-electron chi connectivity index (χ2n) is 4.80. The van der Waals surface area contributed by atoms with E-state index in [-0.39, 0.29) is 12.2 Å². The van der Waals surface area contributed by atoms with Crippen molar-refractivity contribution >= 4 is 11.9 Å². The molecule has 0 saturated carbocycles. The Kier molecular flexibility index (Phi) is 4.32. The van der Waals surface area contributed by atoms with Gasteiger partial charge in [0, 0.05) is 0 Å². The van der Waals surface area contributed by atoms with Crippen LogP contribution in [0, 0.1) is 6.92 Å². The Hall–Kier alpha value is -2.70. The first-order chi connectivity index (χ1) is 9.97. The number of carbonyl (C=O) groups is 2. The lowest BCUT2D eigenvalue weighted by atomic mass is 10.1. The van der Waals surface area contributed by atoms with Crippen molar-refractivity contribution in [2.24, 2.45) is 5.73 Å². The second kappa shape index (κ2) is 6.17. The highest BCUT2D eigenvalue weighted by Crippen LogP contribution is 2.12. The van der Waals surface area contributed by atoms with Gasteiger partial charge < -0.3 is 10.8 Å². The van der Waals surface area contributed by atoms with E-state index in [2.05, 4.69) is 10.3 Å². The number of nitrogens with zero attached hydrogens (tertiary/aromatic N) is 3. The van der Waals surface area contributed by atoms with Gasteiger partial charge in [0.2, 0.25) is 5.91 Å². The standard InChI is InChI=1S/C14H16N4O3/c1-9-2-4-10(5-3-9)6-7-11-13(14(20)21)16-17-18(11)8-12(15)19/h2-5H,6-8H2,1H3,(H2,15,19)(H,20,21). The van der Waals surface area contributed by atoms with Gasteiger partial charge in [-0.25, -0.2) is 9.48 Å². The van der Waals surface area contributed by atoms with Gasteiger partial charge in [-0.15, -0.1) is 5.10 Å². The Bertz CT molecular complexity index is 661. The van der Waals surface area contributed by atoms with Crippen LogP contribution >= 0.6 is 0 Å². The van der Waals surface area contributed by atoms with Crippen LogP contribution in [-0.4, -0.2) is 32.0 Å². The van der Waals surface area contributed by atoms with Crippen LogP contribution in [0.15, 0.2) is 24.3 Å². The third-order valence-corrected chi connectivity index (χ3v) is 3.12. The van der Waals surface area contributed by atoms with E-state index in [1.807, 2.05) is 31.2 Å². The minimum atomic E-state index is -1.16. The zero-order valence-electron chi connectivity index (χ0n) is 11.6. The molecule has 7 heteroatoms. The highest BCUT2D eigenvalue weighted by Gasteiger charge is 2.19. The Morgan fingerprint density at radius 2 is 1.90 bits per heavy atom. The summed E-state index contributed by atoms with van der Waals surface area (Å²) in [5.41, 5.74) is 7.63. The van der Waals surface area contributed by atoms with Crippen molar-refractivity contribution in [3.63, 3.8) is 0 Å². The number of rotatable bonds is 6. The fraction of sp³-hybridized carbons (Fsp3) is 0.286. The number of carboxylic acid groups (broad SMARTS) is 1. The summed E-state index contributed by atoms with van der Waals surface area (Å²) in [6, 6.07) is 7.95. The molecule has 0 bridgehead atoms. The van der Waals surface area contributed by atoms with E-state index >= 15 is 0 Å². The number of hydrogen-bond donors (Lipinski definition) is 2. The molecule has 1 heterocycles. The molecule has 0 saturated heterocycles. The Labute approximate surface area is 121 Å². The molecule has 0 aliphatic carbocycles. The van der Waals surface area contributed by atoms with Gasteiger partial charge in [-0.1, -0.05) is 35.0 Å². The van der Waals surface area contributed by atoms with E-state index in [9.17, 15) is 9.59 Å². The largest absolute Gasteiger partial charge is 0.476 e. The van der Waals surface area contributed by atoms with Crippen LogP contribution in [-0.2, 0) is 24.2 Å². The molecular formula is C14H16N4O3. The monoisotopic (exact) mass is 288 g/mol. The number of carbonyl (C=O) groups excluding carboxylic acids is 1. The molecule has 0 aliphatic heterocycles. The Morgan fingerprint density at radius 3 is 2.48 bits per heavy atom. The van der Waals surface area contributed by atoms with Crippen LogP contribution < -0.4 is 5.73 Å². The summed E-state index contributed by atoms with van der Waals surface area (Å²) in [6.07, 6.45) is 1.05. The van der Waals surface area contributed by atoms with Crippen LogP contribution in [0.5, 0.6) is 0 Å². The molecule has 0 fully saturated rings. The third-order valence-electron chi connectivity index (χ3n) is 3.12. The summed E-state index contributed by atoms with van der Waals surface area (Å²) in [7, 11) is 0. The van der Waals surface area contributed by atoms with Crippen molar-refractivity contribution in [2.75, 3.05) is 0 Å². The maximum Gasteiger partial charge on any atom is 0.358 e. The predicted molar refractivity (Wildman–Crippen MR) is 74.8 cm³/mol. The fourth-order valence-corrected chi connectivity index (χ4v) is 2.04. The molecule has 110 valence electrons. The molecular weight excluding hydrogens is 272 g/mol. The van der Waals surface area contributed by atoms with E-state index < -0.39 is 11.9 Å². The minimum absolute atomic E-state index is 0.136. The summed E-state index contributed by atoms with van der Waals surface area (Å²) in [6.45, 7) is 1.82. The maximum atomic E-state index is 11.1. The molecule has 2 aromatic rings. The molecule has 3 N–H and O–H groups in total. The van der Waals surface area contributed by atoms with Gasteiger partial charge in [0.05, 0.1) is 5.69 Å². The molecule has 0 spiro atoms. The number of aromatic carboxylic acids is 1. The number of aryl methyl sites for hydroxylation is 2. The molecule has 7 nitrogen and oxygen atoms in total. The topological polar surface area (TPSA) is 111 Å². The van der Waals surface area contributed by atoms with Crippen molar-refractivity contribution in [1.82, 2.24) is 15.0 Å². The van der Waals surface area contributed by atoms with Crippen molar-refractivity contribution < 1.29 is 14.7 Å². The summed E-state index contributed by atoms with van der Waals surface area (Å²) in [4.78, 5) is 22.1. The molecule has 0 aliphatic rings. The van der Waals surface area contributed by atoms with Gasteiger partial charge in [-0.3, -0.25) is 4.79 Å². The SMILES string of the molecule is Cc1ccc(CCc2c(C(=O)O)nnn2CC(N)=O)cc1. The lowest BCUT2D eigenvalue weighted by molar-refractivity contribution is -0.118. The molecule has 21 heavy (non-hydrogen) atoms. The van der Waals surface area contributed by atoms with Crippen molar-refractivity contribution in [3.8, 4) is 0 Å². The van der Waals surface area contributed by atoms with E-state index in [1.54, 1.807) is 0 Å². The quantitative estimate of drug-likeness (QED) is 0.806. The van der Waals surface area contributed by atoms with Gasteiger partial charge in [-0.2, -0.15) is 0 Å². The summed E-state index contributed by atoms with van der Waals surface area (Å²) < 4.78 is 1.25. The van der Waals surface area contributed by atoms with Gasteiger partial charge >= 0.3 is 5.97 Å².